The molecule has 0 radical (unpaired) electrons. The Hall–Kier alpha value is -1.88. The summed E-state index contributed by atoms with van der Waals surface area (Å²) >= 11 is 0. The number of aromatic nitrogens is 2. The summed E-state index contributed by atoms with van der Waals surface area (Å²) in [4.78, 5) is 9.11. The number of rotatable bonds is 4. The van der Waals surface area contributed by atoms with Crippen molar-refractivity contribution < 1.29 is 4.74 Å². The van der Waals surface area contributed by atoms with Crippen LogP contribution in [0.1, 0.15) is 12.8 Å². The lowest BCUT2D eigenvalue weighted by Gasteiger charge is -2.23. The fraction of sp³-hybridized carbons (Fsp3) is 0.467. The topological polar surface area (TPSA) is 59.1 Å². The summed E-state index contributed by atoms with van der Waals surface area (Å²) in [5.74, 6) is 2.00. The van der Waals surface area contributed by atoms with E-state index in [1.807, 2.05) is 24.3 Å². The van der Waals surface area contributed by atoms with E-state index in [9.17, 15) is 0 Å². The van der Waals surface area contributed by atoms with Gasteiger partial charge in [-0.3, -0.25) is 0 Å². The molecule has 5 heteroatoms. The first-order chi connectivity index (χ1) is 9.86. The summed E-state index contributed by atoms with van der Waals surface area (Å²) in [5, 5.41) is 6.78. The first-order valence-electron chi connectivity index (χ1n) is 7.12. The van der Waals surface area contributed by atoms with Crippen molar-refractivity contribution in [3.8, 4) is 5.88 Å². The van der Waals surface area contributed by atoms with Crippen LogP contribution >= 0.6 is 0 Å². The van der Waals surface area contributed by atoms with Crippen LogP contribution in [-0.2, 0) is 0 Å². The molecule has 106 valence electrons. The highest BCUT2D eigenvalue weighted by atomic mass is 16.5. The summed E-state index contributed by atoms with van der Waals surface area (Å²) in [6.07, 6.45) is 2.41. The highest BCUT2D eigenvalue weighted by molar-refractivity contribution is 5.77. The van der Waals surface area contributed by atoms with E-state index in [2.05, 4.69) is 20.6 Å². The number of fused-ring (bicyclic) bond motifs is 1. The number of benzene rings is 1. The molecule has 0 spiro atoms. The molecule has 0 atom stereocenters. The molecule has 3 rings (SSSR count). The Kier molecular flexibility index (Phi) is 3.97. The van der Waals surface area contributed by atoms with Gasteiger partial charge in [-0.1, -0.05) is 12.1 Å². The molecule has 0 saturated carbocycles. The Labute approximate surface area is 118 Å². The van der Waals surface area contributed by atoms with Gasteiger partial charge in [0.2, 0.25) is 0 Å². The fourth-order valence-corrected chi connectivity index (χ4v) is 2.57. The van der Waals surface area contributed by atoms with Crippen LogP contribution in [0.15, 0.2) is 24.3 Å². The highest BCUT2D eigenvalue weighted by Gasteiger charge is 2.15. The molecule has 0 bridgehead atoms. The lowest BCUT2D eigenvalue weighted by molar-refractivity contribution is 0.384. The summed E-state index contributed by atoms with van der Waals surface area (Å²) in [7, 11) is 1.63. The number of methoxy groups -OCH3 is 1. The predicted molar refractivity (Wildman–Crippen MR) is 80.2 cm³/mol. The zero-order valence-corrected chi connectivity index (χ0v) is 11.7. The SMILES string of the molecule is COc1nc2ccccc2nc1NCC1CCNCC1. The van der Waals surface area contributed by atoms with E-state index in [1.54, 1.807) is 7.11 Å². The molecule has 0 aliphatic carbocycles. The zero-order chi connectivity index (χ0) is 13.8. The monoisotopic (exact) mass is 272 g/mol. The average Bonchev–Trinajstić information content (AvgIpc) is 2.53. The number of ether oxygens (including phenoxy) is 1. The number of hydrogen-bond acceptors (Lipinski definition) is 5. The Balaban J connectivity index is 1.78. The van der Waals surface area contributed by atoms with Gasteiger partial charge in [0.1, 0.15) is 0 Å². The van der Waals surface area contributed by atoms with Crippen LogP contribution in [0.3, 0.4) is 0 Å². The van der Waals surface area contributed by atoms with E-state index in [-0.39, 0.29) is 0 Å². The number of nitrogens with zero attached hydrogens (tertiary/aromatic N) is 2. The minimum Gasteiger partial charge on any atom is -0.478 e. The fourth-order valence-electron chi connectivity index (χ4n) is 2.57. The normalized spacial score (nSPS) is 16.2. The van der Waals surface area contributed by atoms with E-state index in [4.69, 9.17) is 4.74 Å². The van der Waals surface area contributed by atoms with Crippen molar-refractivity contribution in [2.75, 3.05) is 32.1 Å². The maximum atomic E-state index is 5.34. The summed E-state index contributed by atoms with van der Waals surface area (Å²) in [5.41, 5.74) is 1.75. The molecule has 5 nitrogen and oxygen atoms in total. The quantitative estimate of drug-likeness (QED) is 0.892. The van der Waals surface area contributed by atoms with Crippen LogP contribution < -0.4 is 15.4 Å². The molecule has 1 saturated heterocycles. The number of hydrogen-bond donors (Lipinski definition) is 2. The number of anilines is 1. The van der Waals surface area contributed by atoms with Crippen molar-refractivity contribution in [1.82, 2.24) is 15.3 Å². The third-order valence-electron chi connectivity index (χ3n) is 3.75. The standard InChI is InChI=1S/C15H20N4O/c1-20-15-14(17-10-11-6-8-16-9-7-11)18-12-4-2-3-5-13(12)19-15/h2-5,11,16H,6-10H2,1H3,(H,17,18). The average molecular weight is 272 g/mol. The molecular weight excluding hydrogens is 252 g/mol. The van der Waals surface area contributed by atoms with Crippen LogP contribution in [0, 0.1) is 5.92 Å². The van der Waals surface area contributed by atoms with Gasteiger partial charge in [-0.2, -0.15) is 0 Å². The lowest BCUT2D eigenvalue weighted by atomic mass is 9.98. The summed E-state index contributed by atoms with van der Waals surface area (Å²) in [6.45, 7) is 3.13. The number of nitrogens with one attached hydrogen (secondary N) is 2. The smallest absolute Gasteiger partial charge is 0.257 e. The van der Waals surface area contributed by atoms with E-state index < -0.39 is 0 Å². The molecule has 0 unspecified atom stereocenters. The second-order valence-electron chi connectivity index (χ2n) is 5.14. The Morgan fingerprint density at radius 3 is 2.60 bits per heavy atom. The Morgan fingerprint density at radius 1 is 1.20 bits per heavy atom. The molecule has 20 heavy (non-hydrogen) atoms. The second kappa shape index (κ2) is 6.05. The van der Waals surface area contributed by atoms with Crippen molar-refractivity contribution in [2.45, 2.75) is 12.8 Å². The van der Waals surface area contributed by atoms with Crippen molar-refractivity contribution in [1.29, 1.82) is 0 Å². The van der Waals surface area contributed by atoms with Crippen molar-refractivity contribution in [2.24, 2.45) is 5.92 Å². The predicted octanol–water partition coefficient (Wildman–Crippen LogP) is 2.05. The molecule has 2 heterocycles. The van der Waals surface area contributed by atoms with Crippen LogP contribution in [0.25, 0.3) is 11.0 Å². The van der Waals surface area contributed by atoms with Crippen LogP contribution in [0.2, 0.25) is 0 Å². The molecule has 0 amide bonds. The van der Waals surface area contributed by atoms with Gasteiger partial charge in [-0.05, 0) is 44.0 Å². The molecule has 2 aromatic rings. The molecular formula is C15H20N4O. The van der Waals surface area contributed by atoms with E-state index in [0.717, 1.165) is 36.5 Å². The van der Waals surface area contributed by atoms with Gasteiger partial charge in [-0.15, -0.1) is 0 Å². The van der Waals surface area contributed by atoms with Gasteiger partial charge in [0, 0.05) is 6.54 Å². The minimum absolute atomic E-state index is 0.567. The molecule has 1 aromatic heterocycles. The summed E-state index contributed by atoms with van der Waals surface area (Å²) < 4.78 is 5.34. The van der Waals surface area contributed by atoms with Crippen molar-refractivity contribution in [3.05, 3.63) is 24.3 Å². The van der Waals surface area contributed by atoms with Crippen molar-refractivity contribution >= 4 is 16.9 Å². The first-order valence-corrected chi connectivity index (χ1v) is 7.12. The van der Waals surface area contributed by atoms with E-state index in [0.29, 0.717) is 11.8 Å². The largest absolute Gasteiger partial charge is 0.478 e. The second-order valence-corrected chi connectivity index (χ2v) is 5.14. The lowest BCUT2D eigenvalue weighted by Crippen LogP contribution is -2.31. The summed E-state index contributed by atoms with van der Waals surface area (Å²) in [6, 6.07) is 7.84. The van der Waals surface area contributed by atoms with E-state index in [1.165, 1.54) is 12.8 Å². The van der Waals surface area contributed by atoms with E-state index >= 15 is 0 Å². The number of para-hydroxylation sites is 2. The van der Waals surface area contributed by atoms with Gasteiger partial charge in [0.25, 0.3) is 5.88 Å². The van der Waals surface area contributed by atoms with Gasteiger partial charge >= 0.3 is 0 Å². The van der Waals surface area contributed by atoms with Gasteiger partial charge in [0.15, 0.2) is 5.82 Å². The Morgan fingerprint density at radius 2 is 1.90 bits per heavy atom. The molecule has 2 N–H and O–H groups in total. The van der Waals surface area contributed by atoms with Crippen LogP contribution in [0.5, 0.6) is 5.88 Å². The van der Waals surface area contributed by atoms with Gasteiger partial charge in [-0.25, -0.2) is 9.97 Å². The Bertz CT molecular complexity index is 581. The first kappa shape index (κ1) is 13.1. The molecule has 1 fully saturated rings. The van der Waals surface area contributed by atoms with Gasteiger partial charge < -0.3 is 15.4 Å². The minimum atomic E-state index is 0.567. The zero-order valence-electron chi connectivity index (χ0n) is 11.7. The van der Waals surface area contributed by atoms with Crippen LogP contribution in [-0.4, -0.2) is 36.7 Å². The third kappa shape index (κ3) is 2.82. The highest BCUT2D eigenvalue weighted by Crippen LogP contribution is 2.24. The number of piperidine rings is 1. The molecule has 1 aliphatic rings. The maximum Gasteiger partial charge on any atom is 0.257 e. The molecule has 1 aliphatic heterocycles. The van der Waals surface area contributed by atoms with Gasteiger partial charge in [0.05, 0.1) is 18.1 Å². The molecule has 1 aromatic carbocycles. The maximum absolute atomic E-state index is 5.34. The van der Waals surface area contributed by atoms with Crippen molar-refractivity contribution in [3.63, 3.8) is 0 Å². The third-order valence-corrected chi connectivity index (χ3v) is 3.75. The van der Waals surface area contributed by atoms with Crippen LogP contribution in [0.4, 0.5) is 5.82 Å².